The summed E-state index contributed by atoms with van der Waals surface area (Å²) in [5.74, 6) is -2.31. The number of rotatable bonds is 2. The van der Waals surface area contributed by atoms with E-state index in [-0.39, 0.29) is 5.33 Å². The minimum Gasteiger partial charge on any atom is -0.227 e. The van der Waals surface area contributed by atoms with E-state index in [9.17, 15) is 17.6 Å². The number of hydrogen-bond acceptors (Lipinski definition) is 1. The van der Waals surface area contributed by atoms with E-state index in [0.29, 0.717) is 6.20 Å². The van der Waals surface area contributed by atoms with Gasteiger partial charge in [0, 0.05) is 11.5 Å². The molecule has 0 aliphatic carbocycles. The summed E-state index contributed by atoms with van der Waals surface area (Å²) in [7, 11) is 0. The SMILES string of the molecule is Fc1ncc(C(F)F)c(F)c1CBr. The van der Waals surface area contributed by atoms with Crippen LogP contribution in [0.2, 0.25) is 0 Å². The van der Waals surface area contributed by atoms with Gasteiger partial charge in [0.1, 0.15) is 5.82 Å². The van der Waals surface area contributed by atoms with Crippen LogP contribution in [-0.4, -0.2) is 4.98 Å². The number of nitrogens with zero attached hydrogens (tertiary/aromatic N) is 1. The molecule has 0 aliphatic rings. The molecule has 0 aromatic carbocycles. The summed E-state index contributed by atoms with van der Waals surface area (Å²) >= 11 is 2.78. The molecule has 0 aliphatic heterocycles. The zero-order valence-corrected chi connectivity index (χ0v) is 7.78. The lowest BCUT2D eigenvalue weighted by atomic mass is 10.2. The largest absolute Gasteiger partial charge is 0.268 e. The number of alkyl halides is 3. The van der Waals surface area contributed by atoms with Gasteiger partial charge in [0.25, 0.3) is 6.43 Å². The van der Waals surface area contributed by atoms with Crippen molar-refractivity contribution in [3.63, 3.8) is 0 Å². The fourth-order valence-electron chi connectivity index (χ4n) is 0.792. The molecule has 1 nitrogen and oxygen atoms in total. The average Bonchev–Trinajstić information content (AvgIpc) is 2.04. The molecule has 0 bridgehead atoms. The van der Waals surface area contributed by atoms with E-state index in [1.54, 1.807) is 0 Å². The minimum atomic E-state index is -2.98. The summed E-state index contributed by atoms with van der Waals surface area (Å²) in [6, 6.07) is 0. The van der Waals surface area contributed by atoms with E-state index in [0.717, 1.165) is 0 Å². The van der Waals surface area contributed by atoms with Gasteiger partial charge in [-0.1, -0.05) is 15.9 Å². The Balaban J connectivity index is 3.27. The van der Waals surface area contributed by atoms with Gasteiger partial charge in [0.2, 0.25) is 5.95 Å². The highest BCUT2D eigenvalue weighted by atomic mass is 79.9. The Hall–Kier alpha value is -0.650. The fourth-order valence-corrected chi connectivity index (χ4v) is 1.27. The van der Waals surface area contributed by atoms with Gasteiger partial charge in [-0.2, -0.15) is 4.39 Å². The quantitative estimate of drug-likeness (QED) is 0.451. The van der Waals surface area contributed by atoms with E-state index >= 15 is 0 Å². The van der Waals surface area contributed by atoms with Crippen molar-refractivity contribution in [3.8, 4) is 0 Å². The van der Waals surface area contributed by atoms with Crippen LogP contribution in [0.3, 0.4) is 0 Å². The third kappa shape index (κ3) is 1.99. The Bertz CT molecular complexity index is 316. The zero-order valence-electron chi connectivity index (χ0n) is 6.20. The molecule has 0 atom stereocenters. The van der Waals surface area contributed by atoms with Crippen molar-refractivity contribution in [2.24, 2.45) is 0 Å². The van der Waals surface area contributed by atoms with Gasteiger partial charge in [-0.15, -0.1) is 0 Å². The Morgan fingerprint density at radius 1 is 1.38 bits per heavy atom. The lowest BCUT2D eigenvalue weighted by Crippen LogP contribution is -2.01. The number of hydrogen-bond donors (Lipinski definition) is 0. The smallest absolute Gasteiger partial charge is 0.227 e. The summed E-state index contributed by atoms with van der Waals surface area (Å²) < 4.78 is 49.8. The van der Waals surface area contributed by atoms with Crippen LogP contribution in [0.25, 0.3) is 0 Å². The highest BCUT2D eigenvalue weighted by Crippen LogP contribution is 2.25. The van der Waals surface area contributed by atoms with Crippen LogP contribution in [0.4, 0.5) is 17.6 Å². The van der Waals surface area contributed by atoms with Crippen molar-refractivity contribution in [3.05, 3.63) is 29.1 Å². The second kappa shape index (κ2) is 4.04. The summed E-state index contributed by atoms with van der Waals surface area (Å²) in [5.41, 5.74) is -1.35. The van der Waals surface area contributed by atoms with Crippen LogP contribution in [0, 0.1) is 11.8 Å². The second-order valence-corrected chi connectivity index (χ2v) is 2.79. The molecule has 0 saturated heterocycles. The van der Waals surface area contributed by atoms with Gasteiger partial charge in [-0.25, -0.2) is 18.2 Å². The predicted molar refractivity (Wildman–Crippen MR) is 41.7 cm³/mol. The van der Waals surface area contributed by atoms with Crippen LogP contribution in [0.5, 0.6) is 0 Å². The van der Waals surface area contributed by atoms with Gasteiger partial charge in [-0.3, -0.25) is 0 Å². The summed E-state index contributed by atoms with van der Waals surface area (Å²) in [5, 5.41) is -0.182. The first-order valence-corrected chi connectivity index (χ1v) is 4.37. The first-order valence-electron chi connectivity index (χ1n) is 3.24. The average molecular weight is 258 g/mol. The second-order valence-electron chi connectivity index (χ2n) is 2.23. The van der Waals surface area contributed by atoms with E-state index in [1.165, 1.54) is 0 Å². The van der Waals surface area contributed by atoms with Crippen molar-refractivity contribution >= 4 is 15.9 Å². The molecule has 0 radical (unpaired) electrons. The molecule has 1 aromatic rings. The Morgan fingerprint density at radius 2 is 2.00 bits per heavy atom. The van der Waals surface area contributed by atoms with E-state index in [4.69, 9.17) is 0 Å². The van der Waals surface area contributed by atoms with E-state index < -0.39 is 29.3 Å². The highest BCUT2D eigenvalue weighted by molar-refractivity contribution is 9.08. The predicted octanol–water partition coefficient (Wildman–Crippen LogP) is 3.19. The molecular formula is C7H4BrF4N. The van der Waals surface area contributed by atoms with Crippen molar-refractivity contribution in [1.82, 2.24) is 4.98 Å². The van der Waals surface area contributed by atoms with Crippen molar-refractivity contribution in [1.29, 1.82) is 0 Å². The molecule has 0 saturated carbocycles. The molecule has 1 aromatic heterocycles. The number of halogens is 5. The third-order valence-electron chi connectivity index (χ3n) is 1.45. The maximum atomic E-state index is 13.0. The first-order chi connectivity index (χ1) is 6.07. The van der Waals surface area contributed by atoms with Crippen LogP contribution in [-0.2, 0) is 5.33 Å². The lowest BCUT2D eigenvalue weighted by molar-refractivity contribution is 0.145. The van der Waals surface area contributed by atoms with Gasteiger partial charge in [-0.05, 0) is 0 Å². The Morgan fingerprint density at radius 3 is 2.46 bits per heavy atom. The topological polar surface area (TPSA) is 12.9 Å². The molecule has 72 valence electrons. The standard InChI is InChI=1S/C7H4BrF4N/c8-1-3-5(9)4(6(10)11)2-13-7(3)12/h2,6H,1H2. The molecule has 0 amide bonds. The number of pyridine rings is 1. The molecule has 6 heteroatoms. The lowest BCUT2D eigenvalue weighted by Gasteiger charge is -2.05. The fraction of sp³-hybridized carbons (Fsp3) is 0.286. The van der Waals surface area contributed by atoms with E-state index in [2.05, 4.69) is 20.9 Å². The summed E-state index contributed by atoms with van der Waals surface area (Å²) in [6.07, 6.45) is -2.48. The van der Waals surface area contributed by atoms with Crippen LogP contribution in [0.1, 0.15) is 17.6 Å². The van der Waals surface area contributed by atoms with Gasteiger partial charge in [0.15, 0.2) is 0 Å². The third-order valence-corrected chi connectivity index (χ3v) is 2.01. The molecule has 13 heavy (non-hydrogen) atoms. The molecular weight excluding hydrogens is 254 g/mol. The van der Waals surface area contributed by atoms with Gasteiger partial charge >= 0.3 is 0 Å². The zero-order chi connectivity index (χ0) is 10.0. The molecule has 0 unspecified atom stereocenters. The van der Waals surface area contributed by atoms with Crippen molar-refractivity contribution in [2.45, 2.75) is 11.8 Å². The number of aromatic nitrogens is 1. The van der Waals surface area contributed by atoms with Crippen LogP contribution in [0.15, 0.2) is 6.20 Å². The maximum absolute atomic E-state index is 13.0. The van der Waals surface area contributed by atoms with Crippen LogP contribution < -0.4 is 0 Å². The normalized spacial score (nSPS) is 10.9. The highest BCUT2D eigenvalue weighted by Gasteiger charge is 2.19. The Kier molecular flexibility index (Phi) is 3.24. The monoisotopic (exact) mass is 257 g/mol. The molecule has 0 N–H and O–H groups in total. The molecule has 0 fully saturated rings. The van der Waals surface area contributed by atoms with Crippen molar-refractivity contribution < 1.29 is 17.6 Å². The van der Waals surface area contributed by atoms with Gasteiger partial charge in [0.05, 0.1) is 11.1 Å². The molecule has 1 rings (SSSR count). The first kappa shape index (κ1) is 10.4. The molecule has 0 spiro atoms. The summed E-state index contributed by atoms with van der Waals surface area (Å²) in [6.45, 7) is 0. The minimum absolute atomic E-state index is 0.182. The van der Waals surface area contributed by atoms with Crippen LogP contribution >= 0.6 is 15.9 Å². The van der Waals surface area contributed by atoms with Crippen molar-refractivity contribution in [2.75, 3.05) is 0 Å². The van der Waals surface area contributed by atoms with Gasteiger partial charge < -0.3 is 0 Å². The summed E-state index contributed by atoms with van der Waals surface area (Å²) in [4.78, 5) is 3.02. The Labute approximate surface area is 79.9 Å². The molecule has 1 heterocycles. The van der Waals surface area contributed by atoms with E-state index in [1.807, 2.05) is 0 Å². The maximum Gasteiger partial charge on any atom is 0.268 e.